The predicted octanol–water partition coefficient (Wildman–Crippen LogP) is 14.0. The Hall–Kier alpha value is -7.82. The minimum atomic E-state index is 0.919. The maximum absolute atomic E-state index is 5.23. The van der Waals surface area contributed by atoms with Gasteiger partial charge in [-0.1, -0.05) is 146 Å². The zero-order valence-corrected chi connectivity index (χ0v) is 31.3. The van der Waals surface area contributed by atoms with Crippen molar-refractivity contribution in [2.75, 3.05) is 0 Å². The standard InChI is InChI=1S/C54H32N4/c1-2-9-44-42(7-1)43-8-3-4-10-45(43)47-30-41(21-25-46(44)47)50-27-23-36-16-20-40(32-52(36)57-50)39-19-15-35-22-26-48(56-51(35)31-39)33-11-13-34(14-12-33)49-28-24-38-18-17-37-6-5-29-55-53(37)54(38)58-49/h1-32H. The van der Waals surface area contributed by atoms with Gasteiger partial charge in [-0.25, -0.2) is 15.0 Å². The smallest absolute Gasteiger partial charge is 0.0972 e. The second-order valence-corrected chi connectivity index (χ2v) is 15.0. The molecule has 58 heavy (non-hydrogen) atoms. The lowest BCUT2D eigenvalue weighted by molar-refractivity contribution is 1.36. The summed E-state index contributed by atoms with van der Waals surface area (Å²) >= 11 is 0. The molecule has 0 amide bonds. The van der Waals surface area contributed by atoms with Gasteiger partial charge in [0.15, 0.2) is 0 Å². The molecule has 0 aliphatic rings. The Morgan fingerprint density at radius 3 is 1.29 bits per heavy atom. The minimum absolute atomic E-state index is 0.919. The van der Waals surface area contributed by atoms with Crippen LogP contribution in [-0.4, -0.2) is 19.9 Å². The van der Waals surface area contributed by atoms with Crippen LogP contribution in [0, 0.1) is 0 Å². The fourth-order valence-corrected chi connectivity index (χ4v) is 8.68. The normalized spacial score (nSPS) is 11.8. The van der Waals surface area contributed by atoms with Crippen LogP contribution in [0.4, 0.5) is 0 Å². The lowest BCUT2D eigenvalue weighted by atomic mass is 9.93. The molecule has 4 heterocycles. The summed E-state index contributed by atoms with van der Waals surface area (Å²) in [6.07, 6.45) is 1.83. The highest BCUT2D eigenvalue weighted by molar-refractivity contribution is 6.25. The minimum Gasteiger partial charge on any atom is -0.254 e. The summed E-state index contributed by atoms with van der Waals surface area (Å²) in [4.78, 5) is 20.0. The van der Waals surface area contributed by atoms with Crippen molar-refractivity contribution < 1.29 is 0 Å². The molecule has 0 bridgehead atoms. The number of rotatable bonds is 4. The number of hydrogen-bond acceptors (Lipinski definition) is 4. The van der Waals surface area contributed by atoms with Crippen molar-refractivity contribution in [2.45, 2.75) is 0 Å². The molecule has 12 rings (SSSR count). The number of hydrogen-bond donors (Lipinski definition) is 0. The van der Waals surface area contributed by atoms with Crippen LogP contribution in [0.25, 0.3) is 121 Å². The van der Waals surface area contributed by atoms with Crippen LogP contribution in [0.2, 0.25) is 0 Å². The molecule has 0 N–H and O–H groups in total. The third-order valence-electron chi connectivity index (χ3n) is 11.7. The Balaban J connectivity index is 0.872. The number of nitrogens with zero attached hydrogens (tertiary/aromatic N) is 4. The maximum atomic E-state index is 5.23. The van der Waals surface area contributed by atoms with Gasteiger partial charge in [-0.15, -0.1) is 0 Å². The molecule has 12 aromatic rings. The van der Waals surface area contributed by atoms with Gasteiger partial charge in [-0.2, -0.15) is 0 Å². The molecule has 8 aromatic carbocycles. The Kier molecular flexibility index (Phi) is 7.20. The lowest BCUT2D eigenvalue weighted by Gasteiger charge is -2.12. The average Bonchev–Trinajstić information content (AvgIpc) is 3.30. The molecular formula is C54H32N4. The number of benzene rings is 8. The number of pyridine rings is 4. The Bertz CT molecular complexity index is 3590. The van der Waals surface area contributed by atoms with Crippen LogP contribution in [0.5, 0.6) is 0 Å². The van der Waals surface area contributed by atoms with E-state index in [9.17, 15) is 0 Å². The molecule has 268 valence electrons. The number of aromatic nitrogens is 4. The monoisotopic (exact) mass is 736 g/mol. The summed E-state index contributed by atoms with van der Waals surface area (Å²) in [6, 6.07) is 66.8. The fraction of sp³-hybridized carbons (Fsp3) is 0. The molecule has 0 unspecified atom stereocenters. The number of fused-ring (bicyclic) bond motifs is 11. The van der Waals surface area contributed by atoms with Crippen molar-refractivity contribution in [3.05, 3.63) is 194 Å². The summed E-state index contributed by atoms with van der Waals surface area (Å²) in [6.45, 7) is 0. The molecule has 4 nitrogen and oxygen atoms in total. The highest BCUT2D eigenvalue weighted by Crippen LogP contribution is 2.38. The molecule has 4 aromatic heterocycles. The summed E-state index contributed by atoms with van der Waals surface area (Å²) in [5.41, 5.74) is 12.0. The van der Waals surface area contributed by atoms with E-state index in [1.165, 1.54) is 32.3 Å². The first kappa shape index (κ1) is 32.4. The lowest BCUT2D eigenvalue weighted by Crippen LogP contribution is -1.90. The molecule has 0 aliphatic carbocycles. The van der Waals surface area contributed by atoms with Crippen LogP contribution >= 0.6 is 0 Å². The van der Waals surface area contributed by atoms with Gasteiger partial charge in [0.2, 0.25) is 0 Å². The first-order valence-electron chi connectivity index (χ1n) is 19.6. The van der Waals surface area contributed by atoms with E-state index in [1.54, 1.807) is 0 Å². The van der Waals surface area contributed by atoms with E-state index < -0.39 is 0 Å². The van der Waals surface area contributed by atoms with Gasteiger partial charge in [0.05, 0.1) is 39.1 Å². The van der Waals surface area contributed by atoms with E-state index in [0.717, 1.165) is 88.5 Å². The van der Waals surface area contributed by atoms with Crippen molar-refractivity contribution in [3.8, 4) is 44.9 Å². The van der Waals surface area contributed by atoms with E-state index in [0.29, 0.717) is 0 Å². The van der Waals surface area contributed by atoms with Crippen LogP contribution in [-0.2, 0) is 0 Å². The SMILES string of the molecule is c1cnc2c(c1)ccc1ccc(-c3ccc(-c4ccc5ccc(-c6ccc7ccc(-c8ccc9c%10ccccc%10c%10ccccc%10c9c8)nc7c6)cc5n4)cc3)nc12. The van der Waals surface area contributed by atoms with Gasteiger partial charge in [0.1, 0.15) is 0 Å². The maximum Gasteiger partial charge on any atom is 0.0972 e. The zero-order chi connectivity index (χ0) is 38.2. The summed E-state index contributed by atoms with van der Waals surface area (Å²) < 4.78 is 0. The molecular weight excluding hydrogens is 705 g/mol. The van der Waals surface area contributed by atoms with Crippen molar-refractivity contribution in [1.29, 1.82) is 0 Å². The van der Waals surface area contributed by atoms with Crippen LogP contribution in [0.3, 0.4) is 0 Å². The first-order valence-corrected chi connectivity index (χ1v) is 19.6. The van der Waals surface area contributed by atoms with Crippen LogP contribution in [0.1, 0.15) is 0 Å². The van der Waals surface area contributed by atoms with Gasteiger partial charge in [0, 0.05) is 44.4 Å². The molecule has 0 radical (unpaired) electrons. The van der Waals surface area contributed by atoms with E-state index >= 15 is 0 Å². The van der Waals surface area contributed by atoms with Gasteiger partial charge in [-0.05, 0) is 85.9 Å². The second kappa shape index (κ2) is 12.9. The summed E-state index contributed by atoms with van der Waals surface area (Å²) in [5.74, 6) is 0. The van der Waals surface area contributed by atoms with Crippen LogP contribution in [0.15, 0.2) is 194 Å². The first-order chi connectivity index (χ1) is 28.7. The topological polar surface area (TPSA) is 51.6 Å². The third-order valence-corrected chi connectivity index (χ3v) is 11.7. The molecule has 4 heteroatoms. The molecule has 0 aliphatic heterocycles. The summed E-state index contributed by atoms with van der Waals surface area (Å²) in [5, 5.41) is 12.0. The molecule has 0 atom stereocenters. The van der Waals surface area contributed by atoms with Gasteiger partial charge in [-0.3, -0.25) is 4.98 Å². The molecule has 0 spiro atoms. The molecule has 0 fully saturated rings. The highest BCUT2D eigenvalue weighted by Gasteiger charge is 2.12. The van der Waals surface area contributed by atoms with E-state index in [1.807, 2.05) is 12.3 Å². The highest BCUT2D eigenvalue weighted by atomic mass is 14.8. The quantitative estimate of drug-likeness (QED) is 0.169. The Labute approximate surface area is 333 Å². The van der Waals surface area contributed by atoms with Crippen molar-refractivity contribution >= 4 is 75.9 Å². The van der Waals surface area contributed by atoms with E-state index in [-0.39, 0.29) is 0 Å². The third kappa shape index (κ3) is 5.31. The predicted molar refractivity (Wildman–Crippen MR) is 242 cm³/mol. The van der Waals surface area contributed by atoms with E-state index in [4.69, 9.17) is 15.0 Å². The fourth-order valence-electron chi connectivity index (χ4n) is 8.68. The molecule has 0 saturated carbocycles. The second-order valence-electron chi connectivity index (χ2n) is 15.0. The van der Waals surface area contributed by atoms with Gasteiger partial charge >= 0.3 is 0 Å². The Morgan fingerprint density at radius 1 is 0.259 bits per heavy atom. The Morgan fingerprint density at radius 2 is 0.690 bits per heavy atom. The zero-order valence-electron chi connectivity index (χ0n) is 31.3. The van der Waals surface area contributed by atoms with Gasteiger partial charge in [0.25, 0.3) is 0 Å². The van der Waals surface area contributed by atoms with Crippen molar-refractivity contribution in [2.24, 2.45) is 0 Å². The average molecular weight is 737 g/mol. The van der Waals surface area contributed by atoms with E-state index in [2.05, 4.69) is 187 Å². The summed E-state index contributed by atoms with van der Waals surface area (Å²) in [7, 11) is 0. The largest absolute Gasteiger partial charge is 0.254 e. The van der Waals surface area contributed by atoms with Crippen LogP contribution < -0.4 is 0 Å². The van der Waals surface area contributed by atoms with Crippen molar-refractivity contribution in [3.63, 3.8) is 0 Å². The molecule has 0 saturated heterocycles. The van der Waals surface area contributed by atoms with Gasteiger partial charge < -0.3 is 0 Å². The van der Waals surface area contributed by atoms with Crippen molar-refractivity contribution in [1.82, 2.24) is 19.9 Å².